The van der Waals surface area contributed by atoms with Crippen molar-refractivity contribution in [2.24, 2.45) is 0 Å². The van der Waals surface area contributed by atoms with Crippen LogP contribution in [-0.2, 0) is 9.53 Å². The highest BCUT2D eigenvalue weighted by Crippen LogP contribution is 2.33. The molecule has 0 aromatic heterocycles. The molecule has 0 radical (unpaired) electrons. The zero-order chi connectivity index (χ0) is 18.7. The number of anilines is 1. The van der Waals surface area contributed by atoms with E-state index in [1.54, 1.807) is 24.3 Å². The zero-order valence-corrected chi connectivity index (χ0v) is 15.5. The Morgan fingerprint density at radius 2 is 2.00 bits per heavy atom. The topological polar surface area (TPSA) is 108 Å². The molecule has 1 atom stereocenters. The zero-order valence-electron chi connectivity index (χ0n) is 13.3. The largest absolute Gasteiger partial charge is 0.478 e. The SMILES string of the molecule is O=C(OCC[C@@H]1Oc2cc([N+](=O)[O-])ccc2NC1=O)c1ccc(I)cc1. The average Bonchev–Trinajstić information content (AvgIpc) is 2.62. The van der Waals surface area contributed by atoms with Gasteiger partial charge in [-0.15, -0.1) is 0 Å². The fourth-order valence-corrected chi connectivity index (χ4v) is 2.72. The molecule has 1 heterocycles. The Bertz CT molecular complexity index is 868. The highest BCUT2D eigenvalue weighted by molar-refractivity contribution is 14.1. The maximum Gasteiger partial charge on any atom is 0.338 e. The highest BCUT2D eigenvalue weighted by Gasteiger charge is 2.29. The maximum atomic E-state index is 12.0. The van der Waals surface area contributed by atoms with Crippen molar-refractivity contribution >= 4 is 45.8 Å². The quantitative estimate of drug-likeness (QED) is 0.313. The summed E-state index contributed by atoms with van der Waals surface area (Å²) in [6, 6.07) is 10.8. The molecule has 0 fully saturated rings. The van der Waals surface area contributed by atoms with Gasteiger partial charge in [-0.05, 0) is 52.9 Å². The number of nitro benzene ring substituents is 1. The molecule has 0 unspecified atom stereocenters. The first kappa shape index (κ1) is 18.1. The van der Waals surface area contributed by atoms with Crippen LogP contribution < -0.4 is 10.1 Å². The number of benzene rings is 2. The third kappa shape index (κ3) is 4.10. The number of esters is 1. The van der Waals surface area contributed by atoms with Crippen molar-refractivity contribution in [3.05, 3.63) is 61.7 Å². The standard InChI is InChI=1S/C17H13IN2O6/c18-11-3-1-10(2-4-11)17(22)25-8-7-14-16(21)19-13-6-5-12(20(23)24)9-15(13)26-14/h1-6,9,14H,7-8H2,(H,19,21)/t14-/m0/s1. The Labute approximate surface area is 161 Å². The minimum atomic E-state index is -0.894. The van der Waals surface area contributed by atoms with Gasteiger partial charge in [0.05, 0.1) is 28.8 Å². The number of nitrogens with zero attached hydrogens (tertiary/aromatic N) is 1. The van der Waals surface area contributed by atoms with E-state index in [4.69, 9.17) is 9.47 Å². The predicted octanol–water partition coefficient (Wildman–Crippen LogP) is 3.15. The van der Waals surface area contributed by atoms with Crippen LogP contribution in [0, 0.1) is 13.7 Å². The summed E-state index contributed by atoms with van der Waals surface area (Å²) in [5, 5.41) is 13.5. The van der Waals surface area contributed by atoms with E-state index in [9.17, 15) is 19.7 Å². The van der Waals surface area contributed by atoms with Crippen molar-refractivity contribution < 1.29 is 24.0 Å². The molecule has 134 valence electrons. The summed E-state index contributed by atoms with van der Waals surface area (Å²) >= 11 is 2.13. The fourth-order valence-electron chi connectivity index (χ4n) is 2.36. The van der Waals surface area contributed by atoms with Crippen molar-refractivity contribution in [1.29, 1.82) is 0 Å². The average molecular weight is 468 g/mol. The number of carbonyl (C=O) groups is 2. The van der Waals surface area contributed by atoms with E-state index < -0.39 is 22.9 Å². The van der Waals surface area contributed by atoms with E-state index in [0.717, 1.165) is 3.57 Å². The number of hydrogen-bond acceptors (Lipinski definition) is 6. The molecule has 1 aliphatic rings. The second-order valence-electron chi connectivity index (χ2n) is 5.46. The van der Waals surface area contributed by atoms with E-state index in [2.05, 4.69) is 27.9 Å². The number of hydrogen-bond donors (Lipinski definition) is 1. The number of carbonyl (C=O) groups excluding carboxylic acids is 2. The minimum Gasteiger partial charge on any atom is -0.478 e. The molecule has 0 saturated heterocycles. The molecule has 3 rings (SSSR count). The van der Waals surface area contributed by atoms with Crippen LogP contribution in [0.25, 0.3) is 0 Å². The fraction of sp³-hybridized carbons (Fsp3) is 0.176. The van der Waals surface area contributed by atoms with Gasteiger partial charge in [0.15, 0.2) is 11.9 Å². The monoisotopic (exact) mass is 468 g/mol. The van der Waals surface area contributed by atoms with Crippen LogP contribution in [0.5, 0.6) is 5.75 Å². The molecular formula is C17H13IN2O6. The number of amides is 1. The molecule has 2 aromatic rings. The van der Waals surface area contributed by atoms with E-state index >= 15 is 0 Å². The molecule has 1 aliphatic heterocycles. The summed E-state index contributed by atoms with van der Waals surface area (Å²) in [6.07, 6.45) is -0.765. The number of ether oxygens (including phenoxy) is 2. The van der Waals surface area contributed by atoms with Crippen molar-refractivity contribution in [2.45, 2.75) is 12.5 Å². The molecule has 0 saturated carbocycles. The van der Waals surface area contributed by atoms with Gasteiger partial charge in [-0.3, -0.25) is 14.9 Å². The summed E-state index contributed by atoms with van der Waals surface area (Å²) in [7, 11) is 0. The smallest absolute Gasteiger partial charge is 0.338 e. The van der Waals surface area contributed by atoms with Crippen molar-refractivity contribution in [3.63, 3.8) is 0 Å². The van der Waals surface area contributed by atoms with Crippen LogP contribution in [0.4, 0.5) is 11.4 Å². The summed E-state index contributed by atoms with van der Waals surface area (Å²) < 4.78 is 11.7. The van der Waals surface area contributed by atoms with E-state index in [1.165, 1.54) is 18.2 Å². The number of nitro groups is 1. The van der Waals surface area contributed by atoms with Crippen LogP contribution in [0.2, 0.25) is 0 Å². The van der Waals surface area contributed by atoms with Crippen LogP contribution >= 0.6 is 22.6 Å². The van der Waals surface area contributed by atoms with Gasteiger partial charge >= 0.3 is 5.97 Å². The number of halogens is 1. The van der Waals surface area contributed by atoms with Gasteiger partial charge in [-0.25, -0.2) is 4.79 Å². The molecule has 0 aliphatic carbocycles. The number of non-ortho nitro benzene ring substituents is 1. The second-order valence-corrected chi connectivity index (χ2v) is 6.71. The van der Waals surface area contributed by atoms with Gasteiger partial charge in [-0.1, -0.05) is 0 Å². The van der Waals surface area contributed by atoms with Crippen LogP contribution in [0.3, 0.4) is 0 Å². The normalized spacial score (nSPS) is 15.4. The summed E-state index contributed by atoms with van der Waals surface area (Å²) in [6.45, 7) is -0.0207. The number of rotatable bonds is 5. The summed E-state index contributed by atoms with van der Waals surface area (Å²) in [5.41, 5.74) is 0.650. The first-order valence-electron chi connectivity index (χ1n) is 7.62. The van der Waals surface area contributed by atoms with Crippen molar-refractivity contribution in [1.82, 2.24) is 0 Å². The van der Waals surface area contributed by atoms with Gasteiger partial charge < -0.3 is 14.8 Å². The second kappa shape index (κ2) is 7.68. The first-order chi connectivity index (χ1) is 12.4. The van der Waals surface area contributed by atoms with Gasteiger partial charge in [0.25, 0.3) is 11.6 Å². The van der Waals surface area contributed by atoms with Crippen LogP contribution in [-0.4, -0.2) is 29.5 Å². The van der Waals surface area contributed by atoms with Crippen LogP contribution in [0.1, 0.15) is 16.8 Å². The Hall–Kier alpha value is -2.69. The Kier molecular flexibility index (Phi) is 5.35. The van der Waals surface area contributed by atoms with Crippen molar-refractivity contribution in [3.8, 4) is 5.75 Å². The molecule has 1 amide bonds. The number of nitrogens with one attached hydrogen (secondary N) is 1. The van der Waals surface area contributed by atoms with Gasteiger partial charge in [0.1, 0.15) is 0 Å². The first-order valence-corrected chi connectivity index (χ1v) is 8.70. The minimum absolute atomic E-state index is 0.0207. The molecule has 9 heteroatoms. The lowest BCUT2D eigenvalue weighted by atomic mass is 10.1. The predicted molar refractivity (Wildman–Crippen MR) is 100 cm³/mol. The third-order valence-corrected chi connectivity index (χ3v) is 4.41. The maximum absolute atomic E-state index is 12.0. The van der Waals surface area contributed by atoms with Crippen LogP contribution in [0.15, 0.2) is 42.5 Å². The lowest BCUT2D eigenvalue weighted by Crippen LogP contribution is -2.38. The molecule has 0 bridgehead atoms. The van der Waals surface area contributed by atoms with Gasteiger partial charge in [0.2, 0.25) is 0 Å². The Balaban J connectivity index is 1.59. The van der Waals surface area contributed by atoms with E-state index in [0.29, 0.717) is 11.3 Å². The Morgan fingerprint density at radius 1 is 1.27 bits per heavy atom. The number of fused-ring (bicyclic) bond motifs is 1. The molecule has 0 spiro atoms. The molecule has 1 N–H and O–H groups in total. The molecular weight excluding hydrogens is 455 g/mol. The molecule has 8 nitrogen and oxygen atoms in total. The molecule has 2 aromatic carbocycles. The van der Waals surface area contributed by atoms with Gasteiger partial charge in [-0.2, -0.15) is 0 Å². The van der Waals surface area contributed by atoms with Gasteiger partial charge in [0, 0.05) is 16.1 Å². The molecule has 26 heavy (non-hydrogen) atoms. The summed E-state index contributed by atoms with van der Waals surface area (Å²) in [4.78, 5) is 34.3. The lowest BCUT2D eigenvalue weighted by molar-refractivity contribution is -0.384. The summed E-state index contributed by atoms with van der Waals surface area (Å²) in [5.74, 6) is -0.668. The highest BCUT2D eigenvalue weighted by atomic mass is 127. The van der Waals surface area contributed by atoms with E-state index in [-0.39, 0.29) is 24.5 Å². The van der Waals surface area contributed by atoms with Crippen molar-refractivity contribution in [2.75, 3.05) is 11.9 Å². The van der Waals surface area contributed by atoms with E-state index in [1.807, 2.05) is 0 Å². The lowest BCUT2D eigenvalue weighted by Gasteiger charge is -2.25. The Morgan fingerprint density at radius 3 is 2.69 bits per heavy atom. The third-order valence-electron chi connectivity index (χ3n) is 3.69.